The normalized spacial score (nSPS) is 16.7. The summed E-state index contributed by atoms with van der Waals surface area (Å²) < 4.78 is 2.28. The van der Waals surface area contributed by atoms with Gasteiger partial charge in [0.05, 0.1) is 0 Å². The third-order valence-corrected chi connectivity index (χ3v) is 7.55. The highest BCUT2D eigenvalue weighted by atomic mass is 35.5. The van der Waals surface area contributed by atoms with Crippen LogP contribution in [0.1, 0.15) is 49.2 Å². The predicted molar refractivity (Wildman–Crippen MR) is 116 cm³/mol. The summed E-state index contributed by atoms with van der Waals surface area (Å²) in [7, 11) is 0. The summed E-state index contributed by atoms with van der Waals surface area (Å²) in [6.45, 7) is 6.75. The number of halogens is 1. The Balaban J connectivity index is 1.65. The molecule has 1 atom stereocenters. The van der Waals surface area contributed by atoms with Gasteiger partial charge in [-0.15, -0.1) is 21.5 Å². The lowest BCUT2D eigenvalue weighted by atomic mass is 9.88. The van der Waals surface area contributed by atoms with Gasteiger partial charge in [0.15, 0.2) is 11.0 Å². The van der Waals surface area contributed by atoms with Crippen molar-refractivity contribution in [1.29, 1.82) is 0 Å². The minimum atomic E-state index is 0.307. The average Bonchev–Trinajstić information content (AvgIpc) is 3.24. The van der Waals surface area contributed by atoms with Gasteiger partial charge in [0, 0.05) is 32.6 Å². The van der Waals surface area contributed by atoms with E-state index in [4.69, 9.17) is 11.6 Å². The van der Waals surface area contributed by atoms with Crippen molar-refractivity contribution in [3.8, 4) is 11.4 Å². The van der Waals surface area contributed by atoms with Crippen LogP contribution in [0.25, 0.3) is 11.4 Å². The van der Waals surface area contributed by atoms with Crippen molar-refractivity contribution in [3.05, 3.63) is 50.7 Å². The van der Waals surface area contributed by atoms with E-state index in [1.54, 1.807) is 11.8 Å². The predicted octanol–water partition coefficient (Wildman–Crippen LogP) is 6.66. The zero-order chi connectivity index (χ0) is 19.0. The zero-order valence-electron chi connectivity index (χ0n) is 15.9. The molecule has 0 saturated heterocycles. The van der Waals surface area contributed by atoms with Crippen molar-refractivity contribution in [2.24, 2.45) is 5.92 Å². The number of thioether (sulfide) groups is 1. The first-order chi connectivity index (χ1) is 13.0. The largest absolute Gasteiger partial charge is 0.299 e. The van der Waals surface area contributed by atoms with Crippen LogP contribution < -0.4 is 0 Å². The quantitative estimate of drug-likeness (QED) is 0.435. The molecule has 0 radical (unpaired) electrons. The molecule has 1 unspecified atom stereocenters. The summed E-state index contributed by atoms with van der Waals surface area (Å²) in [5.41, 5.74) is 3.91. The highest BCUT2D eigenvalue weighted by Crippen LogP contribution is 2.39. The van der Waals surface area contributed by atoms with Crippen LogP contribution in [0.3, 0.4) is 0 Å². The van der Waals surface area contributed by atoms with Crippen LogP contribution in [0, 0.1) is 5.92 Å². The van der Waals surface area contributed by atoms with Crippen LogP contribution in [0.5, 0.6) is 0 Å². The lowest BCUT2D eigenvalue weighted by Gasteiger charge is -2.19. The molecule has 4 rings (SSSR count). The molecule has 0 spiro atoms. The maximum atomic E-state index is 6.32. The summed E-state index contributed by atoms with van der Waals surface area (Å²) >= 11 is 9.91. The Morgan fingerprint density at radius 1 is 1.30 bits per heavy atom. The molecule has 0 N–H and O–H groups in total. The Bertz CT molecular complexity index is 945. The van der Waals surface area contributed by atoms with Gasteiger partial charge >= 0.3 is 0 Å². The number of aromatic nitrogens is 3. The van der Waals surface area contributed by atoms with Crippen molar-refractivity contribution in [1.82, 2.24) is 14.8 Å². The Morgan fingerprint density at radius 3 is 2.89 bits per heavy atom. The van der Waals surface area contributed by atoms with E-state index >= 15 is 0 Å². The number of nitrogens with zero attached hydrogens (tertiary/aromatic N) is 3. The number of hydrogen-bond acceptors (Lipinski definition) is 4. The maximum Gasteiger partial charge on any atom is 0.192 e. The van der Waals surface area contributed by atoms with Crippen molar-refractivity contribution in [2.75, 3.05) is 0 Å². The Labute approximate surface area is 174 Å². The van der Waals surface area contributed by atoms with E-state index in [0.717, 1.165) is 39.7 Å². The van der Waals surface area contributed by atoms with Crippen molar-refractivity contribution in [2.45, 2.75) is 57.0 Å². The standard InChI is InChI=1S/C21H24ClN3S2/c1-13(2)25-20(17-12-26-19-10-14(3)8-9-16(17)19)23-24-21(25)27-11-15-6-4-5-7-18(15)22/h4-7,12-14H,8-11H2,1-3H3. The SMILES string of the molecule is CC1CCc2c(-c3nnc(SCc4ccccc4Cl)n3C(C)C)csc2C1. The molecule has 0 saturated carbocycles. The lowest BCUT2D eigenvalue weighted by Crippen LogP contribution is -2.10. The fraction of sp³-hybridized carbons (Fsp3) is 0.429. The molecular formula is C21H24ClN3S2. The molecule has 3 nitrogen and oxygen atoms in total. The molecule has 142 valence electrons. The highest BCUT2D eigenvalue weighted by Gasteiger charge is 2.25. The van der Waals surface area contributed by atoms with E-state index in [-0.39, 0.29) is 0 Å². The van der Waals surface area contributed by atoms with Gasteiger partial charge in [-0.05, 0) is 56.2 Å². The summed E-state index contributed by atoms with van der Waals surface area (Å²) in [5.74, 6) is 2.59. The van der Waals surface area contributed by atoms with Crippen LogP contribution in [-0.2, 0) is 18.6 Å². The molecule has 0 fully saturated rings. The van der Waals surface area contributed by atoms with Crippen LogP contribution in [0.2, 0.25) is 5.02 Å². The van der Waals surface area contributed by atoms with E-state index in [2.05, 4.69) is 47.0 Å². The van der Waals surface area contributed by atoms with Gasteiger partial charge in [-0.1, -0.05) is 48.5 Å². The monoisotopic (exact) mass is 417 g/mol. The van der Waals surface area contributed by atoms with E-state index in [1.807, 2.05) is 29.5 Å². The van der Waals surface area contributed by atoms with Gasteiger partial charge in [-0.2, -0.15) is 0 Å². The zero-order valence-corrected chi connectivity index (χ0v) is 18.3. The van der Waals surface area contributed by atoms with Gasteiger partial charge in [0.2, 0.25) is 0 Å². The average molecular weight is 418 g/mol. The number of thiophene rings is 1. The van der Waals surface area contributed by atoms with E-state index in [9.17, 15) is 0 Å². The molecule has 0 aliphatic heterocycles. The number of rotatable bonds is 5. The second-order valence-electron chi connectivity index (χ2n) is 7.55. The Morgan fingerprint density at radius 2 is 2.11 bits per heavy atom. The van der Waals surface area contributed by atoms with E-state index < -0.39 is 0 Å². The first-order valence-corrected chi connectivity index (χ1v) is 11.7. The first-order valence-electron chi connectivity index (χ1n) is 9.45. The molecule has 27 heavy (non-hydrogen) atoms. The molecule has 6 heteroatoms. The third-order valence-electron chi connectivity index (χ3n) is 5.14. The molecule has 1 aliphatic rings. The van der Waals surface area contributed by atoms with Crippen molar-refractivity contribution < 1.29 is 0 Å². The van der Waals surface area contributed by atoms with E-state index in [0.29, 0.717) is 6.04 Å². The van der Waals surface area contributed by atoms with Gasteiger partial charge in [-0.3, -0.25) is 4.57 Å². The number of hydrogen-bond donors (Lipinski definition) is 0. The molecular weight excluding hydrogens is 394 g/mol. The summed E-state index contributed by atoms with van der Waals surface area (Å²) in [6.07, 6.45) is 3.62. The topological polar surface area (TPSA) is 30.7 Å². The fourth-order valence-corrected chi connectivity index (χ4v) is 6.24. The molecule has 0 amide bonds. The summed E-state index contributed by atoms with van der Waals surface area (Å²) in [4.78, 5) is 1.53. The van der Waals surface area contributed by atoms with Crippen molar-refractivity contribution in [3.63, 3.8) is 0 Å². The molecule has 2 heterocycles. The minimum absolute atomic E-state index is 0.307. The smallest absolute Gasteiger partial charge is 0.192 e. The van der Waals surface area contributed by atoms with E-state index in [1.165, 1.54) is 28.8 Å². The maximum absolute atomic E-state index is 6.32. The Hall–Kier alpha value is -1.30. The fourth-order valence-electron chi connectivity index (χ4n) is 3.65. The van der Waals surface area contributed by atoms with Crippen LogP contribution in [-0.4, -0.2) is 14.8 Å². The lowest BCUT2D eigenvalue weighted by molar-refractivity contribution is 0.507. The minimum Gasteiger partial charge on any atom is -0.299 e. The highest BCUT2D eigenvalue weighted by molar-refractivity contribution is 7.98. The number of fused-ring (bicyclic) bond motifs is 1. The molecule has 2 aromatic heterocycles. The van der Waals surface area contributed by atoms with Gasteiger partial charge in [0.25, 0.3) is 0 Å². The second kappa shape index (κ2) is 7.98. The van der Waals surface area contributed by atoms with Gasteiger partial charge < -0.3 is 0 Å². The van der Waals surface area contributed by atoms with Crippen LogP contribution >= 0.6 is 34.7 Å². The molecule has 1 aromatic carbocycles. The summed E-state index contributed by atoms with van der Waals surface area (Å²) in [5, 5.41) is 13.2. The second-order valence-corrected chi connectivity index (χ2v) is 9.86. The van der Waals surface area contributed by atoms with Crippen LogP contribution in [0.15, 0.2) is 34.8 Å². The first kappa shape index (κ1) is 19.0. The molecule has 3 aromatic rings. The number of benzene rings is 1. The van der Waals surface area contributed by atoms with Gasteiger partial charge in [0.1, 0.15) is 0 Å². The van der Waals surface area contributed by atoms with Gasteiger partial charge in [-0.25, -0.2) is 0 Å². The summed E-state index contributed by atoms with van der Waals surface area (Å²) in [6, 6.07) is 8.31. The Kier molecular flexibility index (Phi) is 5.62. The molecule has 0 bridgehead atoms. The van der Waals surface area contributed by atoms with Crippen LogP contribution in [0.4, 0.5) is 0 Å². The van der Waals surface area contributed by atoms with Crippen molar-refractivity contribution >= 4 is 34.7 Å². The molecule has 1 aliphatic carbocycles. The third kappa shape index (κ3) is 3.82.